The van der Waals surface area contributed by atoms with E-state index in [2.05, 4.69) is 26.0 Å². The normalized spacial score (nSPS) is 35.5. The van der Waals surface area contributed by atoms with Crippen LogP contribution in [0.3, 0.4) is 0 Å². The van der Waals surface area contributed by atoms with Crippen LogP contribution in [0.1, 0.15) is 78.1 Å². The van der Waals surface area contributed by atoms with Gasteiger partial charge in [-0.3, -0.25) is 0 Å². The van der Waals surface area contributed by atoms with Crippen LogP contribution in [-0.2, 0) is 0 Å². The zero-order valence-electron chi connectivity index (χ0n) is 12.8. The summed E-state index contributed by atoms with van der Waals surface area (Å²) in [5, 5.41) is 9.74. The van der Waals surface area contributed by atoms with E-state index in [1.54, 1.807) is 0 Å². The number of rotatable bonds is 4. The highest BCUT2D eigenvalue weighted by molar-refractivity contribution is 5.26. The van der Waals surface area contributed by atoms with Crippen molar-refractivity contribution in [3.63, 3.8) is 0 Å². The van der Waals surface area contributed by atoms with Gasteiger partial charge in [-0.25, -0.2) is 0 Å². The molecule has 0 bridgehead atoms. The Balaban J connectivity index is 2.01. The minimum absolute atomic E-state index is 0.0804. The van der Waals surface area contributed by atoms with E-state index >= 15 is 0 Å². The van der Waals surface area contributed by atoms with Crippen molar-refractivity contribution in [2.75, 3.05) is 0 Å². The summed E-state index contributed by atoms with van der Waals surface area (Å²) in [7, 11) is 0. The Bertz CT molecular complexity index is 352. The second kappa shape index (κ2) is 6.60. The Labute approximate surface area is 119 Å². The average Bonchev–Trinajstić information content (AvgIpc) is 2.49. The Kier molecular flexibility index (Phi) is 5.08. The monoisotopic (exact) mass is 259 g/mol. The van der Waals surface area contributed by atoms with Crippen LogP contribution in [0.4, 0.5) is 0 Å². The molecule has 2 aliphatic rings. The summed E-state index contributed by atoms with van der Waals surface area (Å²) in [6, 6.07) is 2.71. The molecule has 1 heteroatoms. The fraction of sp³-hybridized carbons (Fsp3) is 0.833. The Hall–Kier alpha value is -0.770. The molecule has 1 nitrogen and oxygen atoms in total. The second-order valence-corrected chi connectivity index (χ2v) is 6.70. The van der Waals surface area contributed by atoms with Crippen LogP contribution in [0.15, 0.2) is 11.6 Å². The lowest BCUT2D eigenvalue weighted by atomic mass is 9.64. The van der Waals surface area contributed by atoms with Crippen LogP contribution >= 0.6 is 0 Å². The van der Waals surface area contributed by atoms with Gasteiger partial charge in [0.1, 0.15) is 0 Å². The van der Waals surface area contributed by atoms with Gasteiger partial charge in [0.25, 0.3) is 0 Å². The molecule has 0 aromatic heterocycles. The van der Waals surface area contributed by atoms with Crippen molar-refractivity contribution in [2.45, 2.75) is 78.1 Å². The lowest BCUT2D eigenvalue weighted by Crippen LogP contribution is -2.29. The van der Waals surface area contributed by atoms with E-state index in [1.807, 2.05) is 0 Å². The quantitative estimate of drug-likeness (QED) is 0.601. The molecule has 0 heterocycles. The van der Waals surface area contributed by atoms with Gasteiger partial charge in [-0.15, -0.1) is 0 Å². The van der Waals surface area contributed by atoms with Crippen LogP contribution in [0, 0.1) is 28.6 Å². The third-order valence-electron chi connectivity index (χ3n) is 5.58. The van der Waals surface area contributed by atoms with Crippen molar-refractivity contribution in [3.8, 4) is 6.07 Å². The molecular formula is C18H29N. The maximum absolute atomic E-state index is 9.74. The third-order valence-corrected chi connectivity index (χ3v) is 5.58. The van der Waals surface area contributed by atoms with Crippen molar-refractivity contribution < 1.29 is 0 Å². The lowest BCUT2D eigenvalue weighted by molar-refractivity contribution is 0.224. The topological polar surface area (TPSA) is 23.8 Å². The van der Waals surface area contributed by atoms with Crippen molar-refractivity contribution in [1.82, 2.24) is 0 Å². The van der Waals surface area contributed by atoms with E-state index < -0.39 is 0 Å². The first-order valence-corrected chi connectivity index (χ1v) is 8.34. The number of allylic oxidation sites excluding steroid dienone is 2. The molecule has 2 aliphatic carbocycles. The zero-order valence-corrected chi connectivity index (χ0v) is 12.8. The third kappa shape index (κ3) is 3.22. The fourth-order valence-electron chi connectivity index (χ4n) is 4.07. The van der Waals surface area contributed by atoms with E-state index in [0.29, 0.717) is 0 Å². The van der Waals surface area contributed by atoms with Crippen molar-refractivity contribution in [2.24, 2.45) is 17.3 Å². The van der Waals surface area contributed by atoms with E-state index in [4.69, 9.17) is 0 Å². The van der Waals surface area contributed by atoms with Gasteiger partial charge >= 0.3 is 0 Å². The van der Waals surface area contributed by atoms with Gasteiger partial charge in [0.2, 0.25) is 0 Å². The summed E-state index contributed by atoms with van der Waals surface area (Å²) >= 11 is 0. The molecule has 1 unspecified atom stereocenters. The lowest BCUT2D eigenvalue weighted by Gasteiger charge is -2.39. The molecule has 0 N–H and O–H groups in total. The van der Waals surface area contributed by atoms with Gasteiger partial charge in [-0.1, -0.05) is 44.8 Å². The van der Waals surface area contributed by atoms with Gasteiger partial charge in [0, 0.05) is 0 Å². The van der Waals surface area contributed by atoms with Crippen molar-refractivity contribution in [3.05, 3.63) is 11.6 Å². The van der Waals surface area contributed by atoms with Crippen molar-refractivity contribution in [1.29, 1.82) is 5.26 Å². The van der Waals surface area contributed by atoms with Gasteiger partial charge in [0.15, 0.2) is 0 Å². The van der Waals surface area contributed by atoms with E-state index in [1.165, 1.54) is 56.9 Å². The first-order chi connectivity index (χ1) is 9.24. The number of nitrogens with zero attached hydrogens (tertiary/aromatic N) is 1. The van der Waals surface area contributed by atoms with Crippen LogP contribution < -0.4 is 0 Å². The number of hydrogen-bond donors (Lipinski definition) is 0. The number of hydrogen-bond acceptors (Lipinski definition) is 1. The van der Waals surface area contributed by atoms with Gasteiger partial charge in [0.05, 0.1) is 11.5 Å². The van der Waals surface area contributed by atoms with Gasteiger partial charge in [-0.05, 0) is 56.8 Å². The predicted octanol–water partition coefficient (Wildman–Crippen LogP) is 5.62. The molecule has 2 rings (SSSR count). The molecule has 1 saturated carbocycles. The summed E-state index contributed by atoms with van der Waals surface area (Å²) in [6.45, 7) is 4.57. The summed E-state index contributed by atoms with van der Waals surface area (Å²) in [5.74, 6) is 1.76. The summed E-state index contributed by atoms with van der Waals surface area (Å²) in [4.78, 5) is 0. The molecule has 0 aromatic rings. The van der Waals surface area contributed by atoms with E-state index in [-0.39, 0.29) is 5.41 Å². The minimum Gasteiger partial charge on any atom is -0.197 e. The maximum atomic E-state index is 9.74. The number of nitriles is 1. The minimum atomic E-state index is -0.0804. The Morgan fingerprint density at radius 2 is 1.95 bits per heavy atom. The summed E-state index contributed by atoms with van der Waals surface area (Å²) < 4.78 is 0. The molecule has 1 fully saturated rings. The SMILES string of the molecule is CCCC1CCC(C#N)(C2=CCC(CC)CC2)CC1. The first-order valence-electron chi connectivity index (χ1n) is 8.34. The standard InChI is InChI=1S/C18H29N/c1-3-5-16-10-12-18(14-19,13-11-16)17-8-6-15(4-2)7-9-17/h8,15-16H,3-7,9-13H2,1-2H3. The smallest absolute Gasteiger partial charge is 0.0782 e. The molecule has 0 aromatic carbocycles. The molecule has 106 valence electrons. The van der Waals surface area contributed by atoms with Crippen LogP contribution in [-0.4, -0.2) is 0 Å². The van der Waals surface area contributed by atoms with E-state index in [0.717, 1.165) is 24.7 Å². The summed E-state index contributed by atoms with van der Waals surface area (Å²) in [6.07, 6.45) is 14.9. The van der Waals surface area contributed by atoms with Gasteiger partial charge in [-0.2, -0.15) is 5.26 Å². The first kappa shape index (κ1) is 14.6. The van der Waals surface area contributed by atoms with Crippen molar-refractivity contribution >= 4 is 0 Å². The molecule has 19 heavy (non-hydrogen) atoms. The summed E-state index contributed by atoms with van der Waals surface area (Å²) in [5.41, 5.74) is 1.41. The average molecular weight is 259 g/mol. The highest BCUT2D eigenvalue weighted by Gasteiger charge is 2.39. The second-order valence-electron chi connectivity index (χ2n) is 6.70. The molecule has 0 aliphatic heterocycles. The van der Waals surface area contributed by atoms with Crippen LogP contribution in [0.25, 0.3) is 0 Å². The van der Waals surface area contributed by atoms with Crippen LogP contribution in [0.2, 0.25) is 0 Å². The van der Waals surface area contributed by atoms with Crippen LogP contribution in [0.5, 0.6) is 0 Å². The predicted molar refractivity (Wildman–Crippen MR) is 80.6 cm³/mol. The fourth-order valence-corrected chi connectivity index (χ4v) is 4.07. The highest BCUT2D eigenvalue weighted by Crippen LogP contribution is 2.48. The molecule has 0 amide bonds. The highest BCUT2D eigenvalue weighted by atomic mass is 14.4. The molecule has 1 atom stereocenters. The molecule has 0 radical (unpaired) electrons. The largest absolute Gasteiger partial charge is 0.197 e. The molecule has 0 spiro atoms. The van der Waals surface area contributed by atoms with Gasteiger partial charge < -0.3 is 0 Å². The molecule has 0 saturated heterocycles. The maximum Gasteiger partial charge on any atom is 0.0782 e. The Morgan fingerprint density at radius 3 is 2.42 bits per heavy atom. The van der Waals surface area contributed by atoms with E-state index in [9.17, 15) is 5.26 Å². The Morgan fingerprint density at radius 1 is 1.21 bits per heavy atom. The zero-order chi connectivity index (χ0) is 13.7. The molecular weight excluding hydrogens is 230 g/mol.